The molecule has 0 bridgehead atoms. The van der Waals surface area contributed by atoms with Crippen LogP contribution in [0.1, 0.15) is 126 Å². The fourth-order valence-electron chi connectivity index (χ4n) is 11.8. The zero-order chi connectivity index (χ0) is 21.7. The lowest BCUT2D eigenvalue weighted by Crippen LogP contribution is -2.65. The average molecular weight is 413 g/mol. The summed E-state index contributed by atoms with van der Waals surface area (Å²) in [6, 6.07) is 0. The first-order valence-electron chi connectivity index (χ1n) is 13.9. The molecule has 5 saturated carbocycles. The first kappa shape index (κ1) is 21.8. The van der Waals surface area contributed by atoms with Gasteiger partial charge < -0.3 is 0 Å². The second kappa shape index (κ2) is 6.53. The zero-order valence-electron chi connectivity index (χ0n) is 21.7. The SMILES string of the molecule is CC(C)[C@H]1CC[C@]2(C)CC[C@]3(C)[C@H](CC[C@H]4[C@@]5(C)CCCC(C)(C)[C@H]5CC[C@]43C)[C@H]12. The van der Waals surface area contributed by atoms with Crippen LogP contribution in [0.3, 0.4) is 0 Å². The van der Waals surface area contributed by atoms with Crippen LogP contribution in [-0.2, 0) is 0 Å². The summed E-state index contributed by atoms with van der Waals surface area (Å²) >= 11 is 0. The molecule has 5 aliphatic rings. The van der Waals surface area contributed by atoms with Gasteiger partial charge in [0.1, 0.15) is 0 Å². The molecule has 30 heavy (non-hydrogen) atoms. The largest absolute Gasteiger partial charge is 0.0625 e. The van der Waals surface area contributed by atoms with Gasteiger partial charge in [-0.25, -0.2) is 0 Å². The van der Waals surface area contributed by atoms with E-state index in [4.69, 9.17) is 0 Å². The van der Waals surface area contributed by atoms with Crippen molar-refractivity contribution in [2.24, 2.45) is 62.6 Å². The van der Waals surface area contributed by atoms with E-state index in [0.29, 0.717) is 27.1 Å². The summed E-state index contributed by atoms with van der Waals surface area (Å²) in [4.78, 5) is 0. The normalized spacial score (nSPS) is 57.3. The quantitative estimate of drug-likeness (QED) is 0.402. The Kier molecular flexibility index (Phi) is 4.75. The van der Waals surface area contributed by atoms with E-state index in [-0.39, 0.29) is 0 Å². The van der Waals surface area contributed by atoms with Gasteiger partial charge in [-0.1, -0.05) is 61.8 Å². The fourth-order valence-corrected chi connectivity index (χ4v) is 11.8. The van der Waals surface area contributed by atoms with Gasteiger partial charge in [0.2, 0.25) is 0 Å². The van der Waals surface area contributed by atoms with Gasteiger partial charge in [-0.15, -0.1) is 0 Å². The van der Waals surface area contributed by atoms with E-state index < -0.39 is 0 Å². The minimum absolute atomic E-state index is 0.561. The van der Waals surface area contributed by atoms with Gasteiger partial charge in [0.15, 0.2) is 0 Å². The van der Waals surface area contributed by atoms with E-state index >= 15 is 0 Å². The van der Waals surface area contributed by atoms with E-state index in [1.54, 1.807) is 6.42 Å². The molecule has 0 aromatic rings. The Labute approximate surface area is 188 Å². The van der Waals surface area contributed by atoms with Crippen LogP contribution in [0.5, 0.6) is 0 Å². The van der Waals surface area contributed by atoms with Crippen LogP contribution in [0, 0.1) is 62.6 Å². The van der Waals surface area contributed by atoms with E-state index in [1.165, 1.54) is 64.2 Å². The molecule has 0 aliphatic heterocycles. The maximum absolute atomic E-state index is 2.82. The molecule has 5 rings (SSSR count). The summed E-state index contributed by atoms with van der Waals surface area (Å²) in [6.07, 6.45) is 16.6. The van der Waals surface area contributed by atoms with Gasteiger partial charge in [-0.2, -0.15) is 0 Å². The summed E-state index contributed by atoms with van der Waals surface area (Å²) in [5.74, 6) is 5.78. The maximum atomic E-state index is 2.82. The smallest absolute Gasteiger partial charge is 0.0235 e. The zero-order valence-corrected chi connectivity index (χ0v) is 21.7. The van der Waals surface area contributed by atoms with E-state index in [9.17, 15) is 0 Å². The van der Waals surface area contributed by atoms with Crippen LogP contribution in [0.15, 0.2) is 0 Å². The summed E-state index contributed by atoms with van der Waals surface area (Å²) < 4.78 is 0. The molecule has 0 radical (unpaired) electrons. The highest BCUT2D eigenvalue weighted by Gasteiger charge is 2.69. The van der Waals surface area contributed by atoms with Crippen molar-refractivity contribution in [3.05, 3.63) is 0 Å². The molecule has 5 fully saturated rings. The predicted molar refractivity (Wildman–Crippen MR) is 129 cm³/mol. The van der Waals surface area contributed by atoms with Crippen LogP contribution in [0.4, 0.5) is 0 Å². The van der Waals surface area contributed by atoms with Crippen molar-refractivity contribution in [2.75, 3.05) is 0 Å². The second-order valence-electron chi connectivity index (χ2n) is 15.1. The summed E-state index contributed by atoms with van der Waals surface area (Å²) in [6.45, 7) is 21.4. The van der Waals surface area contributed by atoms with Crippen LogP contribution in [0.2, 0.25) is 0 Å². The van der Waals surface area contributed by atoms with Crippen molar-refractivity contribution in [3.8, 4) is 0 Å². The molecule has 0 amide bonds. The van der Waals surface area contributed by atoms with Gasteiger partial charge in [0.25, 0.3) is 0 Å². The Balaban J connectivity index is 1.54. The molecule has 5 aliphatic carbocycles. The maximum Gasteiger partial charge on any atom is -0.0235 e. The number of fused-ring (bicyclic) bond motifs is 7. The van der Waals surface area contributed by atoms with Gasteiger partial charge in [-0.3, -0.25) is 0 Å². The molecule has 172 valence electrons. The van der Waals surface area contributed by atoms with Crippen molar-refractivity contribution < 1.29 is 0 Å². The summed E-state index contributed by atoms with van der Waals surface area (Å²) in [5.41, 5.74) is 2.95. The molecule has 0 N–H and O–H groups in total. The number of hydrogen-bond donors (Lipinski definition) is 0. The average Bonchev–Trinajstić information content (AvgIpc) is 2.99. The molecule has 0 heterocycles. The molecule has 0 unspecified atom stereocenters. The summed E-state index contributed by atoms with van der Waals surface area (Å²) in [7, 11) is 0. The fraction of sp³-hybridized carbons (Fsp3) is 1.00. The van der Waals surface area contributed by atoms with Gasteiger partial charge in [-0.05, 0) is 127 Å². The Hall–Kier alpha value is 0. The highest BCUT2D eigenvalue weighted by atomic mass is 14.7. The number of hydrogen-bond acceptors (Lipinski definition) is 0. The van der Waals surface area contributed by atoms with E-state index in [0.717, 1.165) is 35.5 Å². The van der Waals surface area contributed by atoms with Crippen molar-refractivity contribution in [1.82, 2.24) is 0 Å². The molecule has 0 spiro atoms. The third-order valence-corrected chi connectivity index (χ3v) is 13.5. The molecular formula is C30H52. The lowest BCUT2D eigenvalue weighted by molar-refractivity contribution is -0.236. The van der Waals surface area contributed by atoms with Crippen LogP contribution < -0.4 is 0 Å². The molecule has 0 heteroatoms. The molecule has 9 atom stereocenters. The Morgan fingerprint density at radius 3 is 2.07 bits per heavy atom. The minimum Gasteiger partial charge on any atom is -0.0625 e. The van der Waals surface area contributed by atoms with Gasteiger partial charge in [0.05, 0.1) is 0 Å². The topological polar surface area (TPSA) is 0 Å². The molecule has 0 aromatic carbocycles. The third-order valence-electron chi connectivity index (χ3n) is 13.5. The second-order valence-corrected chi connectivity index (χ2v) is 15.1. The Morgan fingerprint density at radius 2 is 1.37 bits per heavy atom. The van der Waals surface area contributed by atoms with Gasteiger partial charge in [0, 0.05) is 0 Å². The van der Waals surface area contributed by atoms with Crippen molar-refractivity contribution in [2.45, 2.75) is 126 Å². The molecular weight excluding hydrogens is 360 g/mol. The van der Waals surface area contributed by atoms with Gasteiger partial charge >= 0.3 is 0 Å². The molecule has 0 nitrogen and oxygen atoms in total. The predicted octanol–water partition coefficient (Wildman–Crippen LogP) is 9.13. The van der Waals surface area contributed by atoms with Crippen LogP contribution in [-0.4, -0.2) is 0 Å². The van der Waals surface area contributed by atoms with Crippen LogP contribution in [0.25, 0.3) is 0 Å². The first-order valence-corrected chi connectivity index (χ1v) is 13.9. The molecule has 0 aromatic heterocycles. The van der Waals surface area contributed by atoms with Crippen molar-refractivity contribution in [1.29, 1.82) is 0 Å². The van der Waals surface area contributed by atoms with Crippen molar-refractivity contribution >= 4 is 0 Å². The highest BCUT2D eigenvalue weighted by Crippen LogP contribution is 2.77. The molecule has 0 saturated heterocycles. The van der Waals surface area contributed by atoms with Crippen molar-refractivity contribution in [3.63, 3.8) is 0 Å². The Bertz CT molecular complexity index is 688. The lowest BCUT2D eigenvalue weighted by atomic mass is 9.32. The lowest BCUT2D eigenvalue weighted by Gasteiger charge is -2.72. The summed E-state index contributed by atoms with van der Waals surface area (Å²) in [5, 5.41) is 0. The van der Waals surface area contributed by atoms with E-state index in [1.807, 2.05) is 0 Å². The minimum atomic E-state index is 0.561. The third kappa shape index (κ3) is 2.58. The number of rotatable bonds is 1. The van der Waals surface area contributed by atoms with E-state index in [2.05, 4.69) is 55.4 Å². The Morgan fingerprint density at radius 1 is 0.633 bits per heavy atom. The highest BCUT2D eigenvalue weighted by molar-refractivity contribution is 5.18. The first-order chi connectivity index (χ1) is 13.9. The standard InChI is InChI=1S/C30H52/c1-20(2)21-12-16-27(5)18-19-29(7)22(25(21)27)10-11-24-28(6)15-9-14-26(3,4)23(28)13-17-30(24,29)8/h20-25H,9-19H2,1-8H3/t21-,22-,23-,24+,25+,27-,28+,29-,30-/m1/s1. The van der Waals surface area contributed by atoms with Crippen LogP contribution >= 0.6 is 0 Å². The monoisotopic (exact) mass is 412 g/mol.